The molecule has 3 heterocycles. The lowest BCUT2D eigenvalue weighted by molar-refractivity contribution is -0.139. The number of sulfonamides is 1. The van der Waals surface area contributed by atoms with Gasteiger partial charge in [0.25, 0.3) is 0 Å². The topological polar surface area (TPSA) is 102 Å². The first-order valence-corrected chi connectivity index (χ1v) is 14.2. The summed E-state index contributed by atoms with van der Waals surface area (Å²) in [6.07, 6.45) is -2.55. The van der Waals surface area contributed by atoms with Crippen LogP contribution in [0.25, 0.3) is 0 Å². The molecule has 0 radical (unpaired) electrons. The summed E-state index contributed by atoms with van der Waals surface area (Å²) in [6, 6.07) is 2.74. The highest BCUT2D eigenvalue weighted by Crippen LogP contribution is 2.39. The minimum Gasteiger partial charge on any atom is -0.365 e. The number of nitrogens with zero attached hydrogens (tertiary/aromatic N) is 4. The number of piperidine rings is 1. The monoisotopic (exact) mass is 573 g/mol. The second-order valence-electron chi connectivity index (χ2n) is 11.3. The maximum atomic E-state index is 14.7. The summed E-state index contributed by atoms with van der Waals surface area (Å²) in [5.74, 6) is -0.887. The third kappa shape index (κ3) is 6.28. The van der Waals surface area contributed by atoms with Gasteiger partial charge in [0.05, 0.1) is 16.7 Å². The molecule has 39 heavy (non-hydrogen) atoms. The molecule has 2 aromatic rings. The van der Waals surface area contributed by atoms with E-state index in [2.05, 4.69) is 65.6 Å². The second kappa shape index (κ2) is 10.5. The van der Waals surface area contributed by atoms with Gasteiger partial charge in [-0.1, -0.05) is 0 Å². The SMILES string of the molecule is CN1C(C)(C)CC(Nc2nc(Nc3ccc(S(=O)(=O)N4CCNCC4)c(C(F)(F)F)c3)ncc2F)CC1(C)C. The fraction of sp³-hybridized carbons (Fsp3) is 0.600. The Morgan fingerprint density at radius 1 is 1.08 bits per heavy atom. The van der Waals surface area contributed by atoms with Crippen LogP contribution in [0.5, 0.6) is 0 Å². The van der Waals surface area contributed by atoms with Gasteiger partial charge in [-0.05, 0) is 65.8 Å². The molecule has 1 aromatic heterocycles. The van der Waals surface area contributed by atoms with Gasteiger partial charge in [-0.3, -0.25) is 4.90 Å². The van der Waals surface area contributed by atoms with Crippen LogP contribution >= 0.6 is 0 Å². The van der Waals surface area contributed by atoms with E-state index >= 15 is 0 Å². The molecule has 0 atom stereocenters. The normalized spacial score (nSPS) is 21.1. The minimum absolute atomic E-state index is 0.0670. The number of hydrogen-bond donors (Lipinski definition) is 3. The molecule has 2 saturated heterocycles. The predicted octanol–water partition coefficient (Wildman–Crippen LogP) is 4.04. The van der Waals surface area contributed by atoms with Gasteiger partial charge in [0.2, 0.25) is 16.0 Å². The van der Waals surface area contributed by atoms with Crippen LogP contribution in [0.2, 0.25) is 0 Å². The molecule has 0 unspecified atom stereocenters. The highest BCUT2D eigenvalue weighted by atomic mass is 32.2. The number of aromatic nitrogens is 2. The number of likely N-dealkylation sites (tertiary alicyclic amines) is 1. The molecule has 9 nitrogen and oxygen atoms in total. The third-order valence-corrected chi connectivity index (χ3v) is 9.58. The van der Waals surface area contributed by atoms with Crippen LogP contribution in [-0.4, -0.2) is 77.9 Å². The number of nitrogens with one attached hydrogen (secondary N) is 3. The van der Waals surface area contributed by atoms with Gasteiger partial charge < -0.3 is 16.0 Å². The van der Waals surface area contributed by atoms with Crippen LogP contribution in [0.3, 0.4) is 0 Å². The highest BCUT2D eigenvalue weighted by molar-refractivity contribution is 7.89. The number of alkyl halides is 3. The van der Waals surface area contributed by atoms with Crippen molar-refractivity contribution in [3.8, 4) is 0 Å². The fourth-order valence-electron chi connectivity index (χ4n) is 5.40. The van der Waals surface area contributed by atoms with Crippen molar-refractivity contribution in [1.29, 1.82) is 0 Å². The quantitative estimate of drug-likeness (QED) is 0.446. The molecule has 4 rings (SSSR count). The first-order valence-electron chi connectivity index (χ1n) is 12.7. The number of benzene rings is 1. The van der Waals surface area contributed by atoms with Crippen molar-refractivity contribution in [3.05, 3.63) is 35.8 Å². The van der Waals surface area contributed by atoms with Gasteiger partial charge in [-0.2, -0.15) is 22.5 Å². The number of hydrogen-bond acceptors (Lipinski definition) is 8. The molecule has 0 bridgehead atoms. The van der Waals surface area contributed by atoms with Crippen LogP contribution in [0.15, 0.2) is 29.3 Å². The third-order valence-electron chi connectivity index (χ3n) is 7.63. The van der Waals surface area contributed by atoms with Crippen LogP contribution < -0.4 is 16.0 Å². The Morgan fingerprint density at radius 2 is 1.69 bits per heavy atom. The lowest BCUT2D eigenvalue weighted by atomic mass is 9.77. The van der Waals surface area contributed by atoms with Crippen LogP contribution in [0, 0.1) is 5.82 Å². The number of halogens is 4. The van der Waals surface area contributed by atoms with Crippen LogP contribution in [0.4, 0.5) is 35.0 Å². The Hall–Kier alpha value is -2.55. The van der Waals surface area contributed by atoms with E-state index in [0.29, 0.717) is 19.2 Å². The van der Waals surface area contributed by atoms with Crippen LogP contribution in [0.1, 0.15) is 46.1 Å². The number of anilines is 3. The molecule has 0 amide bonds. The Labute approximate surface area is 226 Å². The van der Waals surface area contributed by atoms with E-state index in [9.17, 15) is 26.0 Å². The minimum atomic E-state index is -4.93. The number of piperazine rings is 1. The number of rotatable bonds is 6. The Kier molecular flexibility index (Phi) is 7.89. The van der Waals surface area contributed by atoms with Gasteiger partial charge in [0.15, 0.2) is 11.6 Å². The molecule has 14 heteroatoms. The zero-order chi connectivity index (χ0) is 28.8. The summed E-state index contributed by atoms with van der Waals surface area (Å²) >= 11 is 0. The zero-order valence-electron chi connectivity index (χ0n) is 22.7. The maximum absolute atomic E-state index is 14.7. The van der Waals surface area contributed by atoms with E-state index in [4.69, 9.17) is 0 Å². The van der Waals surface area contributed by atoms with E-state index < -0.39 is 32.5 Å². The molecule has 2 fully saturated rings. The first kappa shape index (κ1) is 29.4. The van der Waals surface area contributed by atoms with Crippen molar-refractivity contribution in [2.75, 3.05) is 43.9 Å². The highest BCUT2D eigenvalue weighted by Gasteiger charge is 2.43. The first-order chi connectivity index (χ1) is 18.0. The molecular weight excluding hydrogens is 538 g/mol. The van der Waals surface area contributed by atoms with Crippen molar-refractivity contribution < 1.29 is 26.0 Å². The standard InChI is InChI=1S/C25H35F4N7O2S/c1-23(2)13-17(14-24(3,4)35(23)5)32-21-19(26)15-31-22(34-21)33-16-6-7-20(18(12-16)25(27,28)29)39(37,38)36-10-8-30-9-11-36/h6-7,12,15,17,30H,8-11,13-14H2,1-5H3,(H2,31,32,33,34). The Bertz CT molecular complexity index is 1290. The van der Waals surface area contributed by atoms with Crippen molar-refractivity contribution in [3.63, 3.8) is 0 Å². The van der Waals surface area contributed by atoms with Gasteiger partial charge in [0, 0.05) is 49.0 Å². The largest absolute Gasteiger partial charge is 0.417 e. The van der Waals surface area contributed by atoms with Crippen molar-refractivity contribution in [1.82, 2.24) is 24.5 Å². The Balaban J connectivity index is 1.59. The summed E-state index contributed by atoms with van der Waals surface area (Å²) in [4.78, 5) is 9.51. The van der Waals surface area contributed by atoms with Gasteiger partial charge in [0.1, 0.15) is 0 Å². The Morgan fingerprint density at radius 3 is 2.28 bits per heavy atom. The van der Waals surface area contributed by atoms with E-state index in [-0.39, 0.29) is 47.7 Å². The smallest absolute Gasteiger partial charge is 0.365 e. The molecule has 0 aliphatic carbocycles. The molecule has 3 N–H and O–H groups in total. The molecule has 2 aliphatic rings. The summed E-state index contributed by atoms with van der Waals surface area (Å²) in [5.41, 5.74) is -1.71. The molecular formula is C25H35F4N7O2S. The molecule has 0 spiro atoms. The summed E-state index contributed by atoms with van der Waals surface area (Å²) < 4.78 is 83.6. The summed E-state index contributed by atoms with van der Waals surface area (Å²) in [6.45, 7) is 9.28. The molecule has 2 aliphatic heterocycles. The van der Waals surface area contributed by atoms with Gasteiger partial charge in [-0.25, -0.2) is 17.8 Å². The second-order valence-corrected chi connectivity index (χ2v) is 13.2. The van der Waals surface area contributed by atoms with E-state index in [0.717, 1.165) is 29.4 Å². The van der Waals surface area contributed by atoms with E-state index in [1.54, 1.807) is 0 Å². The van der Waals surface area contributed by atoms with Gasteiger partial charge >= 0.3 is 6.18 Å². The van der Waals surface area contributed by atoms with E-state index in [1.807, 2.05) is 0 Å². The lowest BCUT2D eigenvalue weighted by Crippen LogP contribution is -2.61. The van der Waals surface area contributed by atoms with Crippen molar-refractivity contribution in [2.45, 2.75) is 68.7 Å². The molecule has 1 aromatic carbocycles. The summed E-state index contributed by atoms with van der Waals surface area (Å²) in [7, 11) is -2.31. The predicted molar refractivity (Wildman–Crippen MR) is 141 cm³/mol. The summed E-state index contributed by atoms with van der Waals surface area (Å²) in [5, 5.41) is 8.79. The van der Waals surface area contributed by atoms with Crippen LogP contribution in [-0.2, 0) is 16.2 Å². The average molecular weight is 574 g/mol. The van der Waals surface area contributed by atoms with Crippen molar-refractivity contribution in [2.24, 2.45) is 0 Å². The molecule has 216 valence electrons. The zero-order valence-corrected chi connectivity index (χ0v) is 23.5. The maximum Gasteiger partial charge on any atom is 0.417 e. The van der Waals surface area contributed by atoms with E-state index in [1.165, 1.54) is 6.07 Å². The van der Waals surface area contributed by atoms with Gasteiger partial charge in [-0.15, -0.1) is 0 Å². The average Bonchev–Trinajstić information content (AvgIpc) is 2.84. The lowest BCUT2D eigenvalue weighted by Gasteiger charge is -2.53. The van der Waals surface area contributed by atoms with Crippen molar-refractivity contribution >= 4 is 27.5 Å². The fourth-order valence-corrected chi connectivity index (χ4v) is 7.04. The molecule has 0 saturated carbocycles.